The molecular formula is C30H30N2O7. The van der Waals surface area contributed by atoms with Crippen LogP contribution >= 0.6 is 0 Å². The molecule has 0 saturated carbocycles. The molecule has 39 heavy (non-hydrogen) atoms. The second kappa shape index (κ2) is 14.3. The molecule has 3 aromatic rings. The summed E-state index contributed by atoms with van der Waals surface area (Å²) >= 11 is 0. The van der Waals surface area contributed by atoms with Crippen LogP contribution in [0.2, 0.25) is 0 Å². The van der Waals surface area contributed by atoms with E-state index < -0.39 is 30.1 Å². The lowest BCUT2D eigenvalue weighted by atomic mass is 10.1. The maximum atomic E-state index is 12.9. The predicted octanol–water partition coefficient (Wildman–Crippen LogP) is 4.35. The van der Waals surface area contributed by atoms with E-state index in [1.165, 1.54) is 0 Å². The van der Waals surface area contributed by atoms with Crippen molar-refractivity contribution >= 4 is 23.9 Å². The van der Waals surface area contributed by atoms with Crippen molar-refractivity contribution in [3.8, 4) is 0 Å². The number of benzene rings is 3. The lowest BCUT2D eigenvalue weighted by Crippen LogP contribution is -2.42. The van der Waals surface area contributed by atoms with Crippen LogP contribution in [0.1, 0.15) is 29.5 Å². The Bertz CT molecular complexity index is 1250. The smallest absolute Gasteiger partial charge is 0.408 e. The molecule has 4 rings (SSSR count). The number of hydrogen-bond acceptors (Lipinski definition) is 8. The molecular weight excluding hydrogens is 500 g/mol. The zero-order valence-corrected chi connectivity index (χ0v) is 21.4. The summed E-state index contributed by atoms with van der Waals surface area (Å²) in [5.74, 6) is -0.805. The molecule has 202 valence electrons. The highest BCUT2D eigenvalue weighted by atomic mass is 16.6. The molecule has 0 radical (unpaired) electrons. The van der Waals surface area contributed by atoms with Crippen LogP contribution < -0.4 is 5.32 Å². The van der Waals surface area contributed by atoms with Gasteiger partial charge in [0.05, 0.1) is 0 Å². The van der Waals surface area contributed by atoms with Gasteiger partial charge in [0.25, 0.3) is 0 Å². The van der Waals surface area contributed by atoms with E-state index in [1.54, 1.807) is 0 Å². The van der Waals surface area contributed by atoms with E-state index in [1.807, 2.05) is 91.0 Å². The molecule has 2 atom stereocenters. The second-order valence-electron chi connectivity index (χ2n) is 8.83. The van der Waals surface area contributed by atoms with E-state index in [0.717, 1.165) is 16.7 Å². The average molecular weight is 531 g/mol. The molecule has 1 aliphatic heterocycles. The zero-order chi connectivity index (χ0) is 27.3. The van der Waals surface area contributed by atoms with Crippen LogP contribution in [-0.2, 0) is 48.4 Å². The van der Waals surface area contributed by atoms with Gasteiger partial charge in [-0.1, -0.05) is 91.0 Å². The summed E-state index contributed by atoms with van der Waals surface area (Å²) in [5, 5.41) is 2.58. The maximum Gasteiger partial charge on any atom is 0.408 e. The molecule has 9 nitrogen and oxygen atoms in total. The van der Waals surface area contributed by atoms with Crippen LogP contribution in [0, 0.1) is 0 Å². The average Bonchev–Trinajstić information content (AvgIpc) is 3.46. The highest BCUT2D eigenvalue weighted by Crippen LogP contribution is 2.14. The van der Waals surface area contributed by atoms with Gasteiger partial charge in [-0.3, -0.25) is 0 Å². The molecule has 0 aromatic heterocycles. The number of carbonyl (C=O) groups excluding carboxylic acids is 3. The van der Waals surface area contributed by atoms with E-state index in [0.29, 0.717) is 5.90 Å². The van der Waals surface area contributed by atoms with Crippen molar-refractivity contribution in [3.05, 3.63) is 108 Å². The Hall–Kier alpha value is -4.66. The number of hydrogen-bond donors (Lipinski definition) is 1. The van der Waals surface area contributed by atoms with Gasteiger partial charge in [0.1, 0.15) is 32.5 Å². The van der Waals surface area contributed by atoms with E-state index >= 15 is 0 Å². The van der Waals surface area contributed by atoms with E-state index in [4.69, 9.17) is 18.9 Å². The fraction of sp³-hybridized carbons (Fsp3) is 0.267. The molecule has 0 aliphatic carbocycles. The third kappa shape index (κ3) is 8.99. The summed E-state index contributed by atoms with van der Waals surface area (Å²) in [6.45, 7) is 0.314. The standard InChI is InChI=1S/C30H30N2O7/c33-28(37-18-22-10-4-1-5-11-22)25(32-30(35)39-20-24-14-8-3-9-15-24)16-17-27-31-26(21-36-27)29(34)38-19-23-12-6-2-7-13-23/h1-15,25-26H,16-21H2,(H,32,35)/t25-,26-/m0/s1. The summed E-state index contributed by atoms with van der Waals surface area (Å²) in [7, 11) is 0. The molecule has 1 aliphatic rings. The van der Waals surface area contributed by atoms with Gasteiger partial charge in [-0.2, -0.15) is 0 Å². The predicted molar refractivity (Wildman–Crippen MR) is 142 cm³/mol. The molecule has 1 heterocycles. The number of esters is 2. The quantitative estimate of drug-likeness (QED) is 0.274. The third-order valence-corrected chi connectivity index (χ3v) is 5.86. The molecule has 0 saturated heterocycles. The second-order valence-corrected chi connectivity index (χ2v) is 8.83. The number of nitrogens with zero attached hydrogens (tertiary/aromatic N) is 1. The van der Waals surface area contributed by atoms with E-state index in [-0.39, 0.29) is 39.3 Å². The minimum Gasteiger partial charge on any atom is -0.478 e. The molecule has 9 heteroatoms. The van der Waals surface area contributed by atoms with Gasteiger partial charge in [0.2, 0.25) is 0 Å². The van der Waals surface area contributed by atoms with E-state index in [2.05, 4.69) is 10.3 Å². The Balaban J connectivity index is 1.31. The molecule has 0 unspecified atom stereocenters. The molecule has 0 fully saturated rings. The van der Waals surface area contributed by atoms with Crippen molar-refractivity contribution in [3.63, 3.8) is 0 Å². The topological polar surface area (TPSA) is 113 Å². The number of carbonyl (C=O) groups is 3. The van der Waals surface area contributed by atoms with Crippen molar-refractivity contribution in [2.24, 2.45) is 4.99 Å². The first-order valence-electron chi connectivity index (χ1n) is 12.6. The largest absolute Gasteiger partial charge is 0.478 e. The van der Waals surface area contributed by atoms with Crippen LogP contribution in [0.25, 0.3) is 0 Å². The minimum absolute atomic E-state index is 0.0542. The summed E-state index contributed by atoms with van der Waals surface area (Å²) in [5.41, 5.74) is 2.50. The highest BCUT2D eigenvalue weighted by Gasteiger charge is 2.29. The number of alkyl carbamates (subject to hydrolysis) is 1. The van der Waals surface area contributed by atoms with Gasteiger partial charge in [0.15, 0.2) is 11.9 Å². The number of aliphatic imine (C=N–C) groups is 1. The van der Waals surface area contributed by atoms with Gasteiger partial charge in [-0.25, -0.2) is 19.4 Å². The Labute approximate surface area is 226 Å². The molecule has 0 bridgehead atoms. The highest BCUT2D eigenvalue weighted by molar-refractivity contribution is 5.86. The Morgan fingerprint density at radius 3 is 1.85 bits per heavy atom. The van der Waals surface area contributed by atoms with Gasteiger partial charge in [-0.05, 0) is 23.1 Å². The zero-order valence-electron chi connectivity index (χ0n) is 21.4. The van der Waals surface area contributed by atoms with Crippen molar-refractivity contribution in [2.45, 2.75) is 44.7 Å². The lowest BCUT2D eigenvalue weighted by molar-refractivity contribution is -0.148. The van der Waals surface area contributed by atoms with Gasteiger partial charge >= 0.3 is 18.0 Å². The number of amides is 1. The summed E-state index contributed by atoms with van der Waals surface area (Å²) in [4.78, 5) is 42.1. The van der Waals surface area contributed by atoms with Crippen LogP contribution in [0.15, 0.2) is 96.0 Å². The van der Waals surface area contributed by atoms with Crippen LogP contribution in [0.4, 0.5) is 4.79 Å². The first-order valence-corrected chi connectivity index (χ1v) is 12.6. The first-order chi connectivity index (χ1) is 19.1. The summed E-state index contributed by atoms with van der Waals surface area (Å²) < 4.78 is 21.6. The van der Waals surface area contributed by atoms with Crippen LogP contribution in [-0.4, -0.2) is 42.6 Å². The van der Waals surface area contributed by atoms with Crippen molar-refractivity contribution in [1.82, 2.24) is 5.32 Å². The van der Waals surface area contributed by atoms with Crippen molar-refractivity contribution < 1.29 is 33.3 Å². The fourth-order valence-electron chi connectivity index (χ4n) is 3.76. The van der Waals surface area contributed by atoms with Gasteiger partial charge < -0.3 is 24.3 Å². The molecule has 1 N–H and O–H groups in total. The SMILES string of the molecule is O=C(N[C@@H](CCC1=N[C@H](C(=O)OCc2ccccc2)CO1)C(=O)OCc1ccccc1)OCc1ccccc1. The van der Waals surface area contributed by atoms with Crippen LogP contribution in [0.3, 0.4) is 0 Å². The Morgan fingerprint density at radius 1 is 0.769 bits per heavy atom. The van der Waals surface area contributed by atoms with Gasteiger partial charge in [-0.15, -0.1) is 0 Å². The molecule has 1 amide bonds. The maximum absolute atomic E-state index is 12.9. The minimum atomic E-state index is -1.01. The monoisotopic (exact) mass is 530 g/mol. The normalized spacial score (nSPS) is 14.9. The third-order valence-electron chi connectivity index (χ3n) is 5.86. The number of rotatable bonds is 12. The number of nitrogens with one attached hydrogen (secondary N) is 1. The first kappa shape index (κ1) is 27.4. The van der Waals surface area contributed by atoms with Crippen molar-refractivity contribution in [2.75, 3.05) is 6.61 Å². The Morgan fingerprint density at radius 2 is 1.28 bits per heavy atom. The number of ether oxygens (including phenoxy) is 4. The van der Waals surface area contributed by atoms with Crippen molar-refractivity contribution in [1.29, 1.82) is 0 Å². The molecule has 0 spiro atoms. The van der Waals surface area contributed by atoms with Gasteiger partial charge in [0, 0.05) is 6.42 Å². The van der Waals surface area contributed by atoms with Crippen LogP contribution in [0.5, 0.6) is 0 Å². The summed E-state index contributed by atoms with van der Waals surface area (Å²) in [6.07, 6.45) is -0.414. The summed E-state index contributed by atoms with van der Waals surface area (Å²) in [6, 6.07) is 26.0. The van der Waals surface area contributed by atoms with E-state index in [9.17, 15) is 14.4 Å². The lowest BCUT2D eigenvalue weighted by Gasteiger charge is -2.17. The Kier molecular flexibility index (Phi) is 10.1. The molecule has 3 aromatic carbocycles. The fourth-order valence-corrected chi connectivity index (χ4v) is 3.76.